The molecule has 0 unspecified atom stereocenters. The minimum atomic E-state index is -1.48. The molecule has 1 amide bonds. The SMILES string of the molecule is N#CSc1nc(Nc2cc(NC(=O)O)c(F)cc2Cl)ncc1[N+](=O)[O-]. The number of hydrogen-bond donors (Lipinski definition) is 3. The van der Waals surface area contributed by atoms with Gasteiger partial charge in [0, 0.05) is 11.8 Å². The summed E-state index contributed by atoms with van der Waals surface area (Å²) < 4.78 is 13.7. The Hall–Kier alpha value is -3.17. The molecular formula is C12H6ClFN6O4S. The minimum absolute atomic E-state index is 0.0496. The number of carbonyl (C=O) groups is 1. The second-order valence-corrected chi connectivity index (χ2v) is 5.38. The standard InChI is InChI=1S/C12H6ClFN6O4S/c13-5-1-6(14)8(18-12(21)22)2-7(5)17-11-16-3-9(20(23)24)10(19-11)25-4-15/h1-3,18H,(H,21,22)(H,16,17,19). The van der Waals surface area contributed by atoms with Crippen LogP contribution in [-0.4, -0.2) is 26.1 Å². The van der Waals surface area contributed by atoms with Crippen LogP contribution in [0.1, 0.15) is 0 Å². The van der Waals surface area contributed by atoms with Gasteiger partial charge in [0.15, 0.2) is 5.03 Å². The lowest BCUT2D eigenvalue weighted by Crippen LogP contribution is -2.09. The number of anilines is 3. The number of rotatable bonds is 5. The molecule has 1 aromatic heterocycles. The van der Waals surface area contributed by atoms with Crippen LogP contribution in [0.4, 0.5) is 32.2 Å². The van der Waals surface area contributed by atoms with Crippen LogP contribution in [0, 0.1) is 26.6 Å². The van der Waals surface area contributed by atoms with E-state index in [0.29, 0.717) is 11.8 Å². The van der Waals surface area contributed by atoms with Gasteiger partial charge in [-0.2, -0.15) is 10.2 Å². The van der Waals surface area contributed by atoms with Crippen molar-refractivity contribution < 1.29 is 19.2 Å². The van der Waals surface area contributed by atoms with Gasteiger partial charge in [0.1, 0.15) is 17.4 Å². The first-order chi connectivity index (χ1) is 11.8. The predicted octanol–water partition coefficient (Wildman–Crippen LogP) is 3.58. The largest absolute Gasteiger partial charge is 0.465 e. The third kappa shape index (κ3) is 4.43. The van der Waals surface area contributed by atoms with E-state index < -0.39 is 22.5 Å². The molecule has 0 fully saturated rings. The highest BCUT2D eigenvalue weighted by atomic mass is 35.5. The first kappa shape index (κ1) is 18.2. The highest BCUT2D eigenvalue weighted by Crippen LogP contribution is 2.32. The van der Waals surface area contributed by atoms with E-state index in [1.54, 1.807) is 5.40 Å². The molecule has 0 spiro atoms. The maximum atomic E-state index is 13.7. The molecule has 0 radical (unpaired) electrons. The van der Waals surface area contributed by atoms with E-state index in [1.165, 1.54) is 0 Å². The highest BCUT2D eigenvalue weighted by molar-refractivity contribution is 8.03. The predicted molar refractivity (Wildman–Crippen MR) is 86.5 cm³/mol. The summed E-state index contributed by atoms with van der Waals surface area (Å²) in [5.41, 5.74) is -0.781. The molecule has 2 aromatic rings. The second-order valence-electron chi connectivity index (χ2n) is 4.20. The van der Waals surface area contributed by atoms with Crippen LogP contribution < -0.4 is 10.6 Å². The van der Waals surface area contributed by atoms with E-state index >= 15 is 0 Å². The van der Waals surface area contributed by atoms with Crippen molar-refractivity contribution in [2.75, 3.05) is 10.6 Å². The fourth-order valence-electron chi connectivity index (χ4n) is 1.64. The van der Waals surface area contributed by atoms with Gasteiger partial charge in [-0.05, 0) is 12.1 Å². The molecule has 0 atom stereocenters. The average molecular weight is 385 g/mol. The minimum Gasteiger partial charge on any atom is -0.465 e. The van der Waals surface area contributed by atoms with E-state index in [9.17, 15) is 19.3 Å². The number of nitrogens with zero attached hydrogens (tertiary/aromatic N) is 4. The van der Waals surface area contributed by atoms with Crippen molar-refractivity contribution in [1.82, 2.24) is 9.97 Å². The van der Waals surface area contributed by atoms with E-state index in [4.69, 9.17) is 22.0 Å². The van der Waals surface area contributed by atoms with E-state index in [1.807, 2.05) is 5.32 Å². The number of thioether (sulfide) groups is 1. The van der Waals surface area contributed by atoms with Crippen LogP contribution >= 0.6 is 23.4 Å². The number of hydrogen-bond acceptors (Lipinski definition) is 8. The summed E-state index contributed by atoms with van der Waals surface area (Å²) >= 11 is 6.33. The van der Waals surface area contributed by atoms with Crippen molar-refractivity contribution in [3.63, 3.8) is 0 Å². The van der Waals surface area contributed by atoms with Gasteiger partial charge in [0.2, 0.25) is 5.95 Å². The first-order valence-corrected chi connectivity index (χ1v) is 7.34. The molecule has 0 aliphatic rings. The number of nitriles is 1. The summed E-state index contributed by atoms with van der Waals surface area (Å²) in [7, 11) is 0. The summed E-state index contributed by atoms with van der Waals surface area (Å²) in [6.45, 7) is 0. The number of carboxylic acid groups (broad SMARTS) is 1. The van der Waals surface area contributed by atoms with Gasteiger partial charge < -0.3 is 10.4 Å². The third-order valence-electron chi connectivity index (χ3n) is 2.62. The van der Waals surface area contributed by atoms with Crippen molar-refractivity contribution in [3.05, 3.63) is 39.3 Å². The molecule has 1 aromatic carbocycles. The molecule has 13 heteroatoms. The first-order valence-electron chi connectivity index (χ1n) is 6.15. The van der Waals surface area contributed by atoms with Crippen molar-refractivity contribution in [3.8, 4) is 5.40 Å². The molecule has 25 heavy (non-hydrogen) atoms. The normalized spacial score (nSPS) is 9.96. The Morgan fingerprint density at radius 2 is 2.20 bits per heavy atom. The fraction of sp³-hybridized carbons (Fsp3) is 0. The van der Waals surface area contributed by atoms with Gasteiger partial charge in [0.05, 0.1) is 21.3 Å². The van der Waals surface area contributed by atoms with Gasteiger partial charge >= 0.3 is 11.8 Å². The molecule has 0 aliphatic heterocycles. The van der Waals surface area contributed by atoms with Crippen LogP contribution in [-0.2, 0) is 0 Å². The Labute approximate surface area is 147 Å². The number of nitrogens with one attached hydrogen (secondary N) is 2. The monoisotopic (exact) mass is 384 g/mol. The number of halogens is 2. The maximum Gasteiger partial charge on any atom is 0.409 e. The van der Waals surface area contributed by atoms with Gasteiger partial charge in [-0.3, -0.25) is 15.4 Å². The lowest BCUT2D eigenvalue weighted by Gasteiger charge is -2.10. The van der Waals surface area contributed by atoms with Crippen molar-refractivity contribution in [1.29, 1.82) is 5.26 Å². The van der Waals surface area contributed by atoms with Crippen LogP contribution in [0.25, 0.3) is 0 Å². The smallest absolute Gasteiger partial charge is 0.409 e. The summed E-state index contributed by atoms with van der Waals surface area (Å²) in [5, 5.41) is 34.0. The van der Waals surface area contributed by atoms with Gasteiger partial charge in [0.25, 0.3) is 0 Å². The molecule has 2 rings (SSSR count). The molecule has 0 saturated carbocycles. The third-order valence-corrected chi connectivity index (χ3v) is 3.52. The lowest BCUT2D eigenvalue weighted by molar-refractivity contribution is -0.388. The van der Waals surface area contributed by atoms with Crippen molar-refractivity contribution in [2.24, 2.45) is 0 Å². The number of thiocyanates is 1. The van der Waals surface area contributed by atoms with Crippen molar-refractivity contribution >= 4 is 52.5 Å². The zero-order valence-electron chi connectivity index (χ0n) is 11.9. The summed E-state index contributed by atoms with van der Waals surface area (Å²) in [4.78, 5) is 28.3. The van der Waals surface area contributed by atoms with Crippen LogP contribution in [0.2, 0.25) is 5.02 Å². The van der Waals surface area contributed by atoms with Gasteiger partial charge in [-0.15, -0.1) is 0 Å². The zero-order chi connectivity index (χ0) is 18.6. The maximum absolute atomic E-state index is 13.7. The Morgan fingerprint density at radius 1 is 1.48 bits per heavy atom. The van der Waals surface area contributed by atoms with Gasteiger partial charge in [-0.1, -0.05) is 11.6 Å². The number of amides is 1. The number of nitro groups is 1. The van der Waals surface area contributed by atoms with Crippen molar-refractivity contribution in [2.45, 2.75) is 5.03 Å². The van der Waals surface area contributed by atoms with Crippen LogP contribution in [0.3, 0.4) is 0 Å². The second kappa shape index (κ2) is 7.60. The number of aromatic nitrogens is 2. The summed E-state index contributed by atoms with van der Waals surface area (Å²) in [5.74, 6) is -1.05. The van der Waals surface area contributed by atoms with E-state index in [-0.39, 0.29) is 27.4 Å². The topological polar surface area (TPSA) is 154 Å². The zero-order valence-corrected chi connectivity index (χ0v) is 13.4. The molecule has 10 nitrogen and oxygen atoms in total. The van der Waals surface area contributed by atoms with Crippen LogP contribution in [0.5, 0.6) is 0 Å². The Balaban J connectivity index is 2.39. The molecule has 3 N–H and O–H groups in total. The summed E-state index contributed by atoms with van der Waals surface area (Å²) in [6.07, 6.45) is -0.588. The Bertz CT molecular complexity index is 906. The molecule has 0 aliphatic carbocycles. The fourth-order valence-corrected chi connectivity index (χ4v) is 2.29. The molecule has 1 heterocycles. The average Bonchev–Trinajstić information content (AvgIpc) is 2.52. The Morgan fingerprint density at radius 3 is 2.80 bits per heavy atom. The highest BCUT2D eigenvalue weighted by Gasteiger charge is 2.19. The number of benzene rings is 1. The van der Waals surface area contributed by atoms with E-state index in [0.717, 1.165) is 18.3 Å². The molecular weight excluding hydrogens is 379 g/mol. The summed E-state index contributed by atoms with van der Waals surface area (Å²) in [6, 6.07) is 1.93. The quantitative estimate of drug-likeness (QED) is 0.230. The molecule has 128 valence electrons. The van der Waals surface area contributed by atoms with Crippen LogP contribution in [0.15, 0.2) is 23.4 Å². The van der Waals surface area contributed by atoms with E-state index in [2.05, 4.69) is 15.3 Å². The Kier molecular flexibility index (Phi) is 5.52. The lowest BCUT2D eigenvalue weighted by atomic mass is 10.2. The molecule has 0 bridgehead atoms. The van der Waals surface area contributed by atoms with Gasteiger partial charge in [-0.25, -0.2) is 14.2 Å². The molecule has 0 saturated heterocycles.